The van der Waals surface area contributed by atoms with Crippen LogP contribution in [0.1, 0.15) is 38.2 Å². The maximum atomic E-state index is 12.8. The quantitative estimate of drug-likeness (QED) is 0.679. The van der Waals surface area contributed by atoms with E-state index in [0.717, 1.165) is 58.5 Å². The molecule has 0 radical (unpaired) electrons. The molecule has 3 aliphatic heterocycles. The summed E-state index contributed by atoms with van der Waals surface area (Å²) in [5, 5.41) is 0. The van der Waals surface area contributed by atoms with Crippen molar-refractivity contribution < 1.29 is 19.1 Å². The lowest BCUT2D eigenvalue weighted by Crippen LogP contribution is -2.48. The Morgan fingerprint density at radius 3 is 2.47 bits per heavy atom. The highest BCUT2D eigenvalue weighted by Crippen LogP contribution is 2.25. The summed E-state index contributed by atoms with van der Waals surface area (Å²) in [6.07, 6.45) is 3.43. The monoisotopic (exact) mass is 441 g/mol. The Morgan fingerprint density at radius 1 is 0.969 bits per heavy atom. The Labute approximate surface area is 190 Å². The molecule has 2 saturated heterocycles. The number of hydrogen-bond acceptors (Lipinski definition) is 5. The van der Waals surface area contributed by atoms with Crippen LogP contribution in [0, 0.1) is 5.92 Å². The van der Waals surface area contributed by atoms with E-state index >= 15 is 0 Å². The number of ether oxygens (including phenoxy) is 2. The molecule has 3 aliphatic rings. The molecule has 4 rings (SSSR count). The number of carbonyl (C=O) groups is 2. The summed E-state index contributed by atoms with van der Waals surface area (Å²) in [7, 11) is 0. The fourth-order valence-electron chi connectivity index (χ4n) is 4.83. The largest absolute Gasteiger partial charge is 0.491 e. The predicted molar refractivity (Wildman–Crippen MR) is 121 cm³/mol. The van der Waals surface area contributed by atoms with Crippen molar-refractivity contribution in [2.45, 2.75) is 39.2 Å². The number of piperazine rings is 1. The molecule has 7 heteroatoms. The van der Waals surface area contributed by atoms with Crippen LogP contribution in [0.3, 0.4) is 0 Å². The molecule has 32 heavy (non-hydrogen) atoms. The average Bonchev–Trinajstić information content (AvgIpc) is 2.84. The van der Waals surface area contributed by atoms with Crippen molar-refractivity contribution in [2.75, 3.05) is 52.5 Å². The number of allylic oxidation sites excluding steroid dienone is 1. The van der Waals surface area contributed by atoms with Crippen molar-refractivity contribution in [1.82, 2.24) is 14.7 Å². The summed E-state index contributed by atoms with van der Waals surface area (Å²) < 4.78 is 11.0. The number of carbonyl (C=O) groups excluding carboxylic acids is 2. The number of rotatable bonds is 6. The SMILES string of the molecule is CC1=C(C(=O)N2CCCC(CCC(=O)N3CCN(Cc4ccccc4)CC3)C2)OCCO1. The molecule has 7 nitrogen and oxygen atoms in total. The van der Waals surface area contributed by atoms with Gasteiger partial charge in [-0.25, -0.2) is 0 Å². The first kappa shape index (κ1) is 22.6. The van der Waals surface area contributed by atoms with E-state index in [1.165, 1.54) is 5.56 Å². The molecular formula is C25H35N3O4. The van der Waals surface area contributed by atoms with E-state index in [4.69, 9.17) is 9.47 Å². The molecule has 1 aromatic rings. The van der Waals surface area contributed by atoms with Crippen molar-refractivity contribution in [3.63, 3.8) is 0 Å². The molecular weight excluding hydrogens is 406 g/mol. The minimum absolute atomic E-state index is 0.0761. The molecule has 0 aliphatic carbocycles. The van der Waals surface area contributed by atoms with Crippen LogP contribution in [0.4, 0.5) is 0 Å². The first-order valence-corrected chi connectivity index (χ1v) is 11.9. The molecule has 0 saturated carbocycles. The fourth-order valence-corrected chi connectivity index (χ4v) is 4.83. The van der Waals surface area contributed by atoms with E-state index in [0.29, 0.717) is 43.6 Å². The Morgan fingerprint density at radius 2 is 1.72 bits per heavy atom. The van der Waals surface area contributed by atoms with Crippen molar-refractivity contribution in [1.29, 1.82) is 0 Å². The number of piperidine rings is 1. The highest BCUT2D eigenvalue weighted by atomic mass is 16.6. The van der Waals surface area contributed by atoms with Crippen molar-refractivity contribution in [3.05, 3.63) is 47.4 Å². The molecule has 0 bridgehead atoms. The molecule has 0 N–H and O–H groups in total. The second-order valence-electron chi connectivity index (χ2n) is 9.02. The van der Waals surface area contributed by atoms with Gasteiger partial charge in [0, 0.05) is 52.2 Å². The van der Waals surface area contributed by atoms with Gasteiger partial charge in [0.15, 0.2) is 0 Å². The third kappa shape index (κ3) is 5.82. The van der Waals surface area contributed by atoms with Crippen LogP contribution in [-0.4, -0.2) is 79.0 Å². The fraction of sp³-hybridized carbons (Fsp3) is 0.600. The molecule has 0 spiro atoms. The third-order valence-corrected chi connectivity index (χ3v) is 6.71. The molecule has 174 valence electrons. The zero-order chi connectivity index (χ0) is 22.3. The average molecular weight is 442 g/mol. The van der Waals surface area contributed by atoms with Gasteiger partial charge in [0.25, 0.3) is 5.91 Å². The van der Waals surface area contributed by atoms with Gasteiger partial charge in [-0.1, -0.05) is 30.3 Å². The van der Waals surface area contributed by atoms with Gasteiger partial charge in [-0.2, -0.15) is 0 Å². The number of nitrogens with zero attached hydrogens (tertiary/aromatic N) is 3. The number of likely N-dealkylation sites (tertiary alicyclic amines) is 1. The molecule has 1 unspecified atom stereocenters. The topological polar surface area (TPSA) is 62.3 Å². The number of amides is 2. The van der Waals surface area contributed by atoms with Crippen LogP contribution in [-0.2, 0) is 25.6 Å². The van der Waals surface area contributed by atoms with Gasteiger partial charge in [0.1, 0.15) is 19.0 Å². The molecule has 1 atom stereocenters. The maximum Gasteiger partial charge on any atom is 0.292 e. The zero-order valence-electron chi connectivity index (χ0n) is 19.1. The summed E-state index contributed by atoms with van der Waals surface area (Å²) in [5.41, 5.74) is 1.32. The van der Waals surface area contributed by atoms with E-state index in [-0.39, 0.29) is 11.8 Å². The van der Waals surface area contributed by atoms with E-state index in [2.05, 4.69) is 29.2 Å². The number of hydrogen-bond donors (Lipinski definition) is 0. The summed E-state index contributed by atoms with van der Waals surface area (Å²) in [4.78, 5) is 31.9. The second-order valence-corrected chi connectivity index (χ2v) is 9.02. The summed E-state index contributed by atoms with van der Waals surface area (Å²) in [5.74, 6) is 1.45. The molecule has 1 aromatic carbocycles. The third-order valence-electron chi connectivity index (χ3n) is 6.71. The normalized spacial score (nSPS) is 22.3. The molecule has 0 aromatic heterocycles. The standard InChI is InChI=1S/C25H35N3O4/c1-20-24(32-17-16-31-20)25(30)28-11-5-8-22(19-28)9-10-23(29)27-14-12-26(13-15-27)18-21-6-3-2-4-7-21/h2-4,6-7,22H,5,8-19H2,1H3. The van der Waals surface area contributed by atoms with Crippen LogP contribution in [0.15, 0.2) is 41.9 Å². The van der Waals surface area contributed by atoms with Gasteiger partial charge in [0.2, 0.25) is 11.7 Å². The van der Waals surface area contributed by atoms with Gasteiger partial charge in [-0.3, -0.25) is 14.5 Å². The highest BCUT2D eigenvalue weighted by molar-refractivity contribution is 5.92. The Hall–Kier alpha value is -2.54. The van der Waals surface area contributed by atoms with Gasteiger partial charge >= 0.3 is 0 Å². The lowest BCUT2D eigenvalue weighted by Gasteiger charge is -2.36. The van der Waals surface area contributed by atoms with Gasteiger partial charge in [0.05, 0.1) is 0 Å². The van der Waals surface area contributed by atoms with Crippen LogP contribution < -0.4 is 0 Å². The lowest BCUT2D eigenvalue weighted by molar-refractivity contribution is -0.135. The minimum atomic E-state index is -0.0761. The summed E-state index contributed by atoms with van der Waals surface area (Å²) in [6, 6.07) is 10.5. The predicted octanol–water partition coefficient (Wildman–Crippen LogP) is 2.63. The van der Waals surface area contributed by atoms with Crippen LogP contribution >= 0.6 is 0 Å². The van der Waals surface area contributed by atoms with E-state index in [1.54, 1.807) is 6.92 Å². The van der Waals surface area contributed by atoms with Crippen LogP contribution in [0.2, 0.25) is 0 Å². The second kappa shape index (κ2) is 10.9. The molecule has 3 heterocycles. The summed E-state index contributed by atoms with van der Waals surface area (Å²) in [6.45, 7) is 8.51. The lowest BCUT2D eigenvalue weighted by atomic mass is 9.93. The van der Waals surface area contributed by atoms with Gasteiger partial charge < -0.3 is 19.3 Å². The van der Waals surface area contributed by atoms with Crippen molar-refractivity contribution >= 4 is 11.8 Å². The number of benzene rings is 1. The molecule has 2 amide bonds. The zero-order valence-corrected chi connectivity index (χ0v) is 19.1. The summed E-state index contributed by atoms with van der Waals surface area (Å²) >= 11 is 0. The first-order valence-electron chi connectivity index (χ1n) is 11.9. The van der Waals surface area contributed by atoms with E-state index in [9.17, 15) is 9.59 Å². The van der Waals surface area contributed by atoms with Crippen LogP contribution in [0.5, 0.6) is 0 Å². The minimum Gasteiger partial charge on any atom is -0.491 e. The van der Waals surface area contributed by atoms with Crippen LogP contribution in [0.25, 0.3) is 0 Å². The van der Waals surface area contributed by atoms with Crippen molar-refractivity contribution in [2.24, 2.45) is 5.92 Å². The Bertz CT molecular complexity index is 818. The van der Waals surface area contributed by atoms with E-state index in [1.807, 2.05) is 15.9 Å². The van der Waals surface area contributed by atoms with E-state index < -0.39 is 0 Å². The highest BCUT2D eigenvalue weighted by Gasteiger charge is 2.30. The van der Waals surface area contributed by atoms with Gasteiger partial charge in [-0.05, 0) is 37.7 Å². The van der Waals surface area contributed by atoms with Crippen molar-refractivity contribution in [3.8, 4) is 0 Å². The maximum absolute atomic E-state index is 12.8. The molecule has 2 fully saturated rings. The van der Waals surface area contributed by atoms with Gasteiger partial charge in [-0.15, -0.1) is 0 Å². The Kier molecular flexibility index (Phi) is 7.68. The smallest absolute Gasteiger partial charge is 0.292 e. The first-order chi connectivity index (χ1) is 15.6. The Balaban J connectivity index is 1.20.